The van der Waals surface area contributed by atoms with Gasteiger partial charge in [-0.05, 0) is 79.8 Å². The highest BCUT2D eigenvalue weighted by atomic mass is 79.9. The molecule has 0 radical (unpaired) electrons. The summed E-state index contributed by atoms with van der Waals surface area (Å²) in [4.78, 5) is 30.1. The maximum atomic E-state index is 14.6. The van der Waals surface area contributed by atoms with Gasteiger partial charge in [-0.2, -0.15) is 0 Å². The van der Waals surface area contributed by atoms with Crippen molar-refractivity contribution in [3.8, 4) is 0 Å². The van der Waals surface area contributed by atoms with E-state index in [-0.39, 0.29) is 23.8 Å². The number of carbonyl (C=O) groups is 2. The van der Waals surface area contributed by atoms with Gasteiger partial charge in [-0.25, -0.2) is 8.42 Å². The van der Waals surface area contributed by atoms with Crippen molar-refractivity contribution in [2.75, 3.05) is 17.4 Å². The smallest absolute Gasteiger partial charge is 0.264 e. The van der Waals surface area contributed by atoms with E-state index >= 15 is 0 Å². The quantitative estimate of drug-likeness (QED) is 0.142. The van der Waals surface area contributed by atoms with Crippen LogP contribution in [0.1, 0.15) is 47.6 Å². The van der Waals surface area contributed by atoms with Gasteiger partial charge in [-0.1, -0.05) is 102 Å². The van der Waals surface area contributed by atoms with Gasteiger partial charge in [-0.15, -0.1) is 0 Å². The van der Waals surface area contributed by atoms with E-state index in [1.165, 1.54) is 9.21 Å². The Kier molecular flexibility index (Phi) is 12.2. The molecule has 0 spiro atoms. The third kappa shape index (κ3) is 9.07. The summed E-state index contributed by atoms with van der Waals surface area (Å²) in [6, 6.07) is 28.4. The van der Waals surface area contributed by atoms with Crippen LogP contribution >= 0.6 is 15.9 Å². The zero-order chi connectivity index (χ0) is 33.3. The van der Waals surface area contributed by atoms with Gasteiger partial charge in [0.1, 0.15) is 12.6 Å². The lowest BCUT2D eigenvalue weighted by Crippen LogP contribution is -2.53. The van der Waals surface area contributed by atoms with Gasteiger partial charge in [0, 0.05) is 24.0 Å². The summed E-state index contributed by atoms with van der Waals surface area (Å²) < 4.78 is 30.7. The van der Waals surface area contributed by atoms with Crippen LogP contribution in [-0.4, -0.2) is 44.3 Å². The minimum Gasteiger partial charge on any atom is -0.354 e. The summed E-state index contributed by atoms with van der Waals surface area (Å²) in [7, 11) is -4.16. The molecule has 4 rings (SSSR count). The molecule has 0 heterocycles. The zero-order valence-electron chi connectivity index (χ0n) is 26.9. The lowest BCUT2D eigenvalue weighted by atomic mass is 10.0. The van der Waals surface area contributed by atoms with Crippen LogP contribution in [0.4, 0.5) is 5.69 Å². The summed E-state index contributed by atoms with van der Waals surface area (Å²) in [5, 5.41) is 3.02. The van der Waals surface area contributed by atoms with Gasteiger partial charge >= 0.3 is 0 Å². The summed E-state index contributed by atoms with van der Waals surface area (Å²) in [6.45, 7) is 7.78. The van der Waals surface area contributed by atoms with E-state index in [1.54, 1.807) is 30.3 Å². The lowest BCUT2D eigenvalue weighted by molar-refractivity contribution is -0.140. The van der Waals surface area contributed by atoms with Crippen molar-refractivity contribution in [2.45, 2.75) is 64.4 Å². The fourth-order valence-electron chi connectivity index (χ4n) is 5.19. The van der Waals surface area contributed by atoms with Gasteiger partial charge in [0.25, 0.3) is 10.0 Å². The second-order valence-electron chi connectivity index (χ2n) is 11.6. The van der Waals surface area contributed by atoms with Crippen LogP contribution in [-0.2, 0) is 32.6 Å². The van der Waals surface area contributed by atoms with Crippen LogP contribution in [0.25, 0.3) is 0 Å². The first-order valence-corrected chi connectivity index (χ1v) is 17.7. The average molecular weight is 705 g/mol. The first-order chi connectivity index (χ1) is 22.0. The molecule has 2 amide bonds. The summed E-state index contributed by atoms with van der Waals surface area (Å²) in [5.74, 6) is -0.756. The molecule has 0 aliphatic carbocycles. The number of halogens is 1. The van der Waals surface area contributed by atoms with Crippen LogP contribution in [0.5, 0.6) is 0 Å². The number of aryl methyl sites for hydroxylation is 3. The fourth-order valence-corrected chi connectivity index (χ4v) is 6.92. The molecule has 0 bridgehead atoms. The number of rotatable bonds is 14. The van der Waals surface area contributed by atoms with E-state index < -0.39 is 28.5 Å². The molecule has 0 aliphatic heterocycles. The first kappa shape index (κ1) is 34.9. The van der Waals surface area contributed by atoms with Crippen molar-refractivity contribution in [3.05, 3.63) is 129 Å². The zero-order valence-corrected chi connectivity index (χ0v) is 29.3. The van der Waals surface area contributed by atoms with Crippen LogP contribution in [0, 0.1) is 20.8 Å². The van der Waals surface area contributed by atoms with Crippen molar-refractivity contribution in [1.29, 1.82) is 0 Å². The molecule has 0 fully saturated rings. The van der Waals surface area contributed by atoms with Crippen LogP contribution in [0.2, 0.25) is 0 Å². The Morgan fingerprint density at radius 1 is 0.826 bits per heavy atom. The highest BCUT2D eigenvalue weighted by molar-refractivity contribution is 9.10. The molecule has 4 aromatic carbocycles. The molecule has 46 heavy (non-hydrogen) atoms. The van der Waals surface area contributed by atoms with Crippen molar-refractivity contribution >= 4 is 43.5 Å². The van der Waals surface area contributed by atoms with Crippen LogP contribution in [0.15, 0.2) is 106 Å². The minimum atomic E-state index is -4.16. The number of hydrogen-bond acceptors (Lipinski definition) is 4. The normalized spacial score (nSPS) is 11.9. The Balaban J connectivity index is 1.81. The van der Waals surface area contributed by atoms with Gasteiger partial charge in [0.15, 0.2) is 0 Å². The largest absolute Gasteiger partial charge is 0.354 e. The highest BCUT2D eigenvalue weighted by Gasteiger charge is 2.35. The number of unbranched alkanes of at least 4 members (excludes halogenated alkanes) is 1. The Morgan fingerprint density at radius 3 is 2.13 bits per heavy atom. The fraction of sp³-hybridized carbons (Fsp3) is 0.297. The Hall–Kier alpha value is -3.95. The first-order valence-electron chi connectivity index (χ1n) is 15.5. The molecule has 0 saturated heterocycles. The van der Waals surface area contributed by atoms with Gasteiger partial charge in [0.05, 0.1) is 10.6 Å². The number of nitrogens with zero attached hydrogens (tertiary/aromatic N) is 2. The molecular formula is C37H42BrN3O4S. The predicted molar refractivity (Wildman–Crippen MR) is 188 cm³/mol. The van der Waals surface area contributed by atoms with E-state index in [0.29, 0.717) is 17.8 Å². The molecule has 0 aromatic heterocycles. The van der Waals surface area contributed by atoms with Crippen LogP contribution in [0.3, 0.4) is 0 Å². The highest BCUT2D eigenvalue weighted by Crippen LogP contribution is 2.29. The molecular weight excluding hydrogens is 662 g/mol. The van der Waals surface area contributed by atoms with E-state index in [0.717, 1.165) is 39.6 Å². The van der Waals surface area contributed by atoms with E-state index in [4.69, 9.17) is 0 Å². The lowest BCUT2D eigenvalue weighted by Gasteiger charge is -2.34. The minimum absolute atomic E-state index is 0.0874. The maximum Gasteiger partial charge on any atom is 0.264 e. The molecule has 7 nitrogen and oxygen atoms in total. The number of hydrogen-bond donors (Lipinski definition) is 1. The predicted octanol–water partition coefficient (Wildman–Crippen LogP) is 7.13. The van der Waals surface area contributed by atoms with E-state index in [1.807, 2.05) is 94.4 Å². The van der Waals surface area contributed by atoms with Crippen molar-refractivity contribution in [2.24, 2.45) is 0 Å². The summed E-state index contributed by atoms with van der Waals surface area (Å²) in [5.41, 5.74) is 4.63. The van der Waals surface area contributed by atoms with Gasteiger partial charge in [0.2, 0.25) is 11.8 Å². The summed E-state index contributed by atoms with van der Waals surface area (Å²) >= 11 is 3.47. The number of carbonyl (C=O) groups excluding carboxylic acids is 2. The monoisotopic (exact) mass is 703 g/mol. The van der Waals surface area contributed by atoms with Crippen molar-refractivity contribution in [3.63, 3.8) is 0 Å². The van der Waals surface area contributed by atoms with E-state index in [9.17, 15) is 18.0 Å². The Morgan fingerprint density at radius 2 is 1.48 bits per heavy atom. The molecule has 1 atom stereocenters. The molecule has 242 valence electrons. The van der Waals surface area contributed by atoms with Gasteiger partial charge < -0.3 is 10.2 Å². The molecule has 9 heteroatoms. The average Bonchev–Trinajstić information content (AvgIpc) is 3.04. The van der Waals surface area contributed by atoms with Crippen molar-refractivity contribution in [1.82, 2.24) is 10.2 Å². The SMILES string of the molecule is CCCCNC(=O)[C@H](Cc1ccccc1)N(Cc1ccc(Br)cc1)C(=O)CN(c1cc(C)ccc1C)S(=O)(=O)c1ccc(C)cc1. The number of benzene rings is 4. The standard InChI is InChI=1S/C37H42BrN3O4S/c1-5-6-22-39-37(43)35(24-30-10-8-7-9-11-30)40(25-31-16-18-32(38)19-17-31)36(42)26-41(34-23-28(3)12-15-29(34)4)46(44,45)33-20-13-27(2)14-21-33/h7-21,23,35H,5-6,22,24-26H2,1-4H3,(H,39,43)/t35-/m0/s1. The second kappa shape index (κ2) is 16.1. The second-order valence-corrected chi connectivity index (χ2v) is 14.4. The molecule has 4 aromatic rings. The number of nitrogens with one attached hydrogen (secondary N) is 1. The molecule has 0 unspecified atom stereocenters. The third-order valence-corrected chi connectivity index (χ3v) is 10.2. The maximum absolute atomic E-state index is 14.6. The van der Waals surface area contributed by atoms with Gasteiger partial charge in [-0.3, -0.25) is 13.9 Å². The Labute approximate surface area is 281 Å². The number of anilines is 1. The van der Waals surface area contributed by atoms with E-state index in [2.05, 4.69) is 21.2 Å². The topological polar surface area (TPSA) is 86.8 Å². The number of amides is 2. The molecule has 0 aliphatic rings. The van der Waals surface area contributed by atoms with Crippen LogP contribution < -0.4 is 9.62 Å². The summed E-state index contributed by atoms with van der Waals surface area (Å²) in [6.07, 6.45) is 1.99. The molecule has 1 N–H and O–H groups in total. The third-order valence-electron chi connectivity index (χ3n) is 7.89. The van der Waals surface area contributed by atoms with Crippen molar-refractivity contribution < 1.29 is 18.0 Å². The number of sulfonamides is 1. The Bertz CT molecular complexity index is 1730. The molecule has 0 saturated carbocycles.